The number of benzene rings is 1. The van der Waals surface area contributed by atoms with Crippen molar-refractivity contribution in [2.75, 3.05) is 6.54 Å². The minimum Gasteiger partial charge on any atom is -0.507 e. The number of hydrogen-bond acceptors (Lipinski definition) is 5. The van der Waals surface area contributed by atoms with E-state index in [1.807, 2.05) is 10.8 Å². The van der Waals surface area contributed by atoms with Gasteiger partial charge in [-0.15, -0.1) is 0 Å². The van der Waals surface area contributed by atoms with Crippen molar-refractivity contribution in [1.29, 1.82) is 0 Å². The largest absolute Gasteiger partial charge is 0.507 e. The van der Waals surface area contributed by atoms with Gasteiger partial charge in [0.1, 0.15) is 5.76 Å². The first-order valence-electron chi connectivity index (χ1n) is 9.46. The molecule has 1 saturated heterocycles. The number of Topliss-reactive ketones (excluding diaryl/α,β-unsaturated/α-hetero) is 1. The smallest absolute Gasteiger partial charge is 0.295 e. The number of nitrogens with zero attached hydrogens (tertiary/aromatic N) is 4. The lowest BCUT2D eigenvalue weighted by Crippen LogP contribution is -2.31. The van der Waals surface area contributed by atoms with Gasteiger partial charge in [-0.05, 0) is 36.2 Å². The Balaban J connectivity index is 1.72. The number of likely N-dealkylation sites (tertiary alicyclic amines) is 1. The molecule has 2 aromatic heterocycles. The van der Waals surface area contributed by atoms with E-state index in [0.29, 0.717) is 35.7 Å². The molecule has 7 nitrogen and oxygen atoms in total. The summed E-state index contributed by atoms with van der Waals surface area (Å²) in [5.74, 6) is -1.55. The van der Waals surface area contributed by atoms with Gasteiger partial charge < -0.3 is 14.6 Å². The summed E-state index contributed by atoms with van der Waals surface area (Å²) >= 11 is 6.02. The van der Waals surface area contributed by atoms with Crippen molar-refractivity contribution in [3.8, 4) is 0 Å². The number of aliphatic hydroxyl groups excluding tert-OH is 1. The molecule has 0 bridgehead atoms. The molecule has 1 aliphatic rings. The molecular formula is C22H19ClN4O3. The summed E-state index contributed by atoms with van der Waals surface area (Å²) in [7, 11) is 0. The number of carbonyl (C=O) groups excluding carboxylic acids is 2. The minimum atomic E-state index is -0.702. The van der Waals surface area contributed by atoms with E-state index >= 15 is 0 Å². The fourth-order valence-corrected chi connectivity index (χ4v) is 3.74. The summed E-state index contributed by atoms with van der Waals surface area (Å²) in [4.78, 5) is 35.2. The van der Waals surface area contributed by atoms with E-state index in [1.54, 1.807) is 48.9 Å². The number of amides is 1. The molecule has 0 saturated carbocycles. The highest BCUT2D eigenvalue weighted by molar-refractivity contribution is 6.46. The van der Waals surface area contributed by atoms with Crippen molar-refractivity contribution in [1.82, 2.24) is 19.4 Å². The number of imidazole rings is 1. The number of pyridine rings is 1. The standard InChI is InChI=1S/C22H19ClN4O3/c23-17-4-2-15(3-5-17)19-18(20(28)16-6-8-24-9-7-16)21(29)22(30)27(19)12-1-11-26-13-10-25-14-26/h2-10,13-14,19,28H,1,11-12H2/b20-18+. The van der Waals surface area contributed by atoms with E-state index in [2.05, 4.69) is 9.97 Å². The maximum atomic E-state index is 12.9. The van der Waals surface area contributed by atoms with Gasteiger partial charge in [0.2, 0.25) is 0 Å². The average molecular weight is 423 g/mol. The molecule has 1 aromatic carbocycles. The lowest BCUT2D eigenvalue weighted by atomic mass is 9.95. The van der Waals surface area contributed by atoms with Crippen LogP contribution in [0.25, 0.3) is 5.76 Å². The molecule has 152 valence electrons. The third-order valence-corrected chi connectivity index (χ3v) is 5.31. The Labute approximate surface area is 178 Å². The average Bonchev–Trinajstić information content (AvgIpc) is 3.37. The van der Waals surface area contributed by atoms with Crippen molar-refractivity contribution in [2.24, 2.45) is 0 Å². The molecule has 1 amide bonds. The number of halogens is 1. The number of ketones is 1. The van der Waals surface area contributed by atoms with Gasteiger partial charge >= 0.3 is 0 Å². The molecule has 0 spiro atoms. The van der Waals surface area contributed by atoms with Gasteiger partial charge in [0.25, 0.3) is 11.7 Å². The molecular weight excluding hydrogens is 404 g/mol. The Morgan fingerprint density at radius 2 is 1.73 bits per heavy atom. The van der Waals surface area contributed by atoms with Crippen LogP contribution in [0.5, 0.6) is 0 Å². The number of carbonyl (C=O) groups is 2. The van der Waals surface area contributed by atoms with Gasteiger partial charge in [-0.1, -0.05) is 23.7 Å². The zero-order valence-electron chi connectivity index (χ0n) is 16.0. The monoisotopic (exact) mass is 422 g/mol. The third-order valence-electron chi connectivity index (χ3n) is 5.05. The van der Waals surface area contributed by atoms with Crippen LogP contribution in [0.3, 0.4) is 0 Å². The molecule has 1 fully saturated rings. The van der Waals surface area contributed by atoms with Crippen LogP contribution in [0.4, 0.5) is 0 Å². The van der Waals surface area contributed by atoms with Gasteiger partial charge in [0.05, 0.1) is 17.9 Å². The Bertz CT molecular complexity index is 1080. The highest BCUT2D eigenvalue weighted by Crippen LogP contribution is 2.39. The molecule has 30 heavy (non-hydrogen) atoms. The summed E-state index contributed by atoms with van der Waals surface area (Å²) < 4.78 is 1.91. The first kappa shape index (κ1) is 19.8. The van der Waals surface area contributed by atoms with E-state index < -0.39 is 17.7 Å². The Morgan fingerprint density at radius 3 is 2.40 bits per heavy atom. The van der Waals surface area contributed by atoms with Crippen molar-refractivity contribution in [3.63, 3.8) is 0 Å². The topological polar surface area (TPSA) is 88.3 Å². The predicted octanol–water partition coefficient (Wildman–Crippen LogP) is 3.44. The van der Waals surface area contributed by atoms with Crippen LogP contribution in [0.1, 0.15) is 23.6 Å². The molecule has 0 radical (unpaired) electrons. The minimum absolute atomic E-state index is 0.0659. The number of aromatic nitrogens is 3. The second kappa shape index (κ2) is 8.51. The van der Waals surface area contributed by atoms with Crippen molar-refractivity contribution in [2.45, 2.75) is 19.0 Å². The van der Waals surface area contributed by atoms with Gasteiger partial charge in [0, 0.05) is 48.5 Å². The molecule has 3 aromatic rings. The molecule has 1 aliphatic heterocycles. The summed E-state index contributed by atoms with van der Waals surface area (Å²) in [5, 5.41) is 11.4. The van der Waals surface area contributed by atoms with Crippen molar-refractivity contribution >= 4 is 29.1 Å². The van der Waals surface area contributed by atoms with Crippen LogP contribution in [-0.2, 0) is 16.1 Å². The molecule has 3 heterocycles. The Morgan fingerprint density at radius 1 is 1.00 bits per heavy atom. The molecule has 0 aliphatic carbocycles. The lowest BCUT2D eigenvalue weighted by molar-refractivity contribution is -0.139. The Kier molecular flexibility index (Phi) is 5.63. The maximum absolute atomic E-state index is 12.9. The number of hydrogen-bond donors (Lipinski definition) is 1. The quantitative estimate of drug-likeness (QED) is 0.373. The number of aliphatic hydroxyl groups is 1. The van der Waals surface area contributed by atoms with E-state index in [1.165, 1.54) is 17.3 Å². The molecule has 8 heteroatoms. The lowest BCUT2D eigenvalue weighted by Gasteiger charge is -2.25. The zero-order chi connectivity index (χ0) is 21.1. The molecule has 1 N–H and O–H groups in total. The van der Waals surface area contributed by atoms with Gasteiger partial charge in [-0.3, -0.25) is 14.6 Å². The second-order valence-electron chi connectivity index (χ2n) is 6.93. The van der Waals surface area contributed by atoms with Gasteiger partial charge in [-0.2, -0.15) is 0 Å². The van der Waals surface area contributed by atoms with E-state index in [4.69, 9.17) is 11.6 Å². The SMILES string of the molecule is O=C1C(=O)N(CCCn2ccnc2)C(c2ccc(Cl)cc2)/C1=C(\O)c1ccncc1. The summed E-state index contributed by atoms with van der Waals surface area (Å²) in [5.41, 5.74) is 1.20. The third kappa shape index (κ3) is 3.84. The van der Waals surface area contributed by atoms with E-state index in [-0.39, 0.29) is 11.3 Å². The normalized spacial score (nSPS) is 18.2. The second-order valence-corrected chi connectivity index (χ2v) is 7.37. The predicted molar refractivity (Wildman–Crippen MR) is 112 cm³/mol. The van der Waals surface area contributed by atoms with Gasteiger partial charge in [-0.25, -0.2) is 4.98 Å². The summed E-state index contributed by atoms with van der Waals surface area (Å²) in [6.07, 6.45) is 8.90. The van der Waals surface area contributed by atoms with Crippen LogP contribution in [0, 0.1) is 0 Å². The maximum Gasteiger partial charge on any atom is 0.295 e. The van der Waals surface area contributed by atoms with Crippen LogP contribution in [0.2, 0.25) is 5.02 Å². The first-order valence-corrected chi connectivity index (χ1v) is 9.84. The van der Waals surface area contributed by atoms with E-state index in [0.717, 1.165) is 0 Å². The summed E-state index contributed by atoms with van der Waals surface area (Å²) in [6, 6.07) is 9.44. The van der Waals surface area contributed by atoms with Crippen LogP contribution in [0.15, 0.2) is 73.1 Å². The fourth-order valence-electron chi connectivity index (χ4n) is 3.61. The fraction of sp³-hybridized carbons (Fsp3) is 0.182. The first-order chi connectivity index (χ1) is 14.6. The van der Waals surface area contributed by atoms with Crippen molar-refractivity contribution in [3.05, 3.63) is 89.2 Å². The highest BCUT2D eigenvalue weighted by Gasteiger charge is 2.45. The van der Waals surface area contributed by atoms with Crippen LogP contribution in [-0.4, -0.2) is 42.8 Å². The molecule has 1 unspecified atom stereocenters. The number of aryl methyl sites for hydroxylation is 1. The number of rotatable bonds is 6. The molecule has 1 atom stereocenters. The van der Waals surface area contributed by atoms with E-state index in [9.17, 15) is 14.7 Å². The highest BCUT2D eigenvalue weighted by atomic mass is 35.5. The van der Waals surface area contributed by atoms with Gasteiger partial charge in [0.15, 0.2) is 0 Å². The van der Waals surface area contributed by atoms with Crippen molar-refractivity contribution < 1.29 is 14.7 Å². The summed E-state index contributed by atoms with van der Waals surface area (Å²) in [6.45, 7) is 1.00. The van der Waals surface area contributed by atoms with Crippen LogP contribution >= 0.6 is 11.6 Å². The Hall–Kier alpha value is -3.45. The van der Waals surface area contributed by atoms with Crippen LogP contribution < -0.4 is 0 Å². The molecule has 4 rings (SSSR count). The zero-order valence-corrected chi connectivity index (χ0v) is 16.7.